The van der Waals surface area contributed by atoms with Gasteiger partial charge in [0.25, 0.3) is 5.56 Å². The molecule has 0 radical (unpaired) electrons. The first kappa shape index (κ1) is 17.2. The number of fused-ring (bicyclic) bond motifs is 1. The lowest BCUT2D eigenvalue weighted by Crippen LogP contribution is -2.23. The first-order chi connectivity index (χ1) is 13.2. The molecule has 0 aliphatic rings. The lowest BCUT2D eigenvalue weighted by atomic mass is 10.2. The van der Waals surface area contributed by atoms with Crippen LogP contribution in [0.5, 0.6) is 11.5 Å². The Bertz CT molecular complexity index is 1180. The number of hydrogen-bond donors (Lipinski definition) is 0. The average Bonchev–Trinajstić information content (AvgIpc) is 3.23. The van der Waals surface area contributed by atoms with Crippen molar-refractivity contribution in [3.63, 3.8) is 0 Å². The van der Waals surface area contributed by atoms with E-state index in [0.717, 1.165) is 22.6 Å². The molecule has 0 atom stereocenters. The third-order valence-electron chi connectivity index (χ3n) is 4.02. The average molecular weight is 379 g/mol. The van der Waals surface area contributed by atoms with Gasteiger partial charge in [-0.05, 0) is 55.0 Å². The van der Waals surface area contributed by atoms with Gasteiger partial charge in [-0.15, -0.1) is 5.10 Å². The molecule has 4 aromatic rings. The van der Waals surface area contributed by atoms with Gasteiger partial charge in [0.2, 0.25) is 4.96 Å². The van der Waals surface area contributed by atoms with Crippen LogP contribution in [0.2, 0.25) is 0 Å². The molecule has 0 saturated heterocycles. The van der Waals surface area contributed by atoms with Crippen molar-refractivity contribution >= 4 is 22.4 Å². The first-order valence-electron chi connectivity index (χ1n) is 8.46. The highest BCUT2D eigenvalue weighted by Gasteiger charge is 2.12. The lowest BCUT2D eigenvalue weighted by Gasteiger charge is -2.02. The Balaban J connectivity index is 1.68. The van der Waals surface area contributed by atoms with Crippen LogP contribution in [0.3, 0.4) is 0 Å². The number of hydrogen-bond acceptors (Lipinski definition) is 6. The maximum atomic E-state index is 12.6. The highest BCUT2D eigenvalue weighted by molar-refractivity contribution is 7.15. The zero-order chi connectivity index (χ0) is 18.8. The number of nitrogens with zero attached hydrogens (tertiary/aromatic N) is 3. The number of aromatic nitrogens is 3. The van der Waals surface area contributed by atoms with Gasteiger partial charge < -0.3 is 9.47 Å². The maximum absolute atomic E-state index is 12.6. The number of ether oxygens (including phenoxy) is 2. The van der Waals surface area contributed by atoms with Crippen LogP contribution in [0, 0.1) is 0 Å². The second kappa shape index (κ2) is 7.20. The quantitative estimate of drug-likeness (QED) is 0.533. The molecule has 136 valence electrons. The van der Waals surface area contributed by atoms with Gasteiger partial charge >= 0.3 is 0 Å². The highest BCUT2D eigenvalue weighted by atomic mass is 32.1. The molecule has 0 saturated carbocycles. The van der Waals surface area contributed by atoms with Crippen molar-refractivity contribution in [2.75, 3.05) is 13.7 Å². The van der Waals surface area contributed by atoms with Crippen LogP contribution < -0.4 is 19.6 Å². The van der Waals surface area contributed by atoms with Crippen molar-refractivity contribution in [2.45, 2.75) is 6.92 Å². The summed E-state index contributed by atoms with van der Waals surface area (Å²) in [7, 11) is 1.62. The van der Waals surface area contributed by atoms with Gasteiger partial charge in [0.15, 0.2) is 5.82 Å². The van der Waals surface area contributed by atoms with E-state index >= 15 is 0 Å². The summed E-state index contributed by atoms with van der Waals surface area (Å²) in [6, 6.07) is 15.0. The van der Waals surface area contributed by atoms with Crippen LogP contribution in [0.1, 0.15) is 12.5 Å². The molecule has 4 rings (SSSR count). The van der Waals surface area contributed by atoms with Gasteiger partial charge in [0, 0.05) is 5.56 Å². The minimum absolute atomic E-state index is 0.171. The van der Waals surface area contributed by atoms with E-state index in [-0.39, 0.29) is 5.56 Å². The van der Waals surface area contributed by atoms with E-state index in [9.17, 15) is 4.79 Å². The molecule has 7 heteroatoms. The molecule has 0 unspecified atom stereocenters. The van der Waals surface area contributed by atoms with Gasteiger partial charge in [0.05, 0.1) is 18.2 Å². The van der Waals surface area contributed by atoms with E-state index in [0.29, 0.717) is 21.9 Å². The van der Waals surface area contributed by atoms with Crippen LogP contribution in [0.25, 0.3) is 22.4 Å². The molecule has 0 spiro atoms. The molecule has 2 aromatic carbocycles. The first-order valence-corrected chi connectivity index (χ1v) is 9.28. The van der Waals surface area contributed by atoms with E-state index in [1.165, 1.54) is 15.9 Å². The Hall–Kier alpha value is -3.19. The topological polar surface area (TPSA) is 65.7 Å². The van der Waals surface area contributed by atoms with E-state index in [2.05, 4.69) is 10.1 Å². The predicted octanol–water partition coefficient (Wildman–Crippen LogP) is 2.77. The van der Waals surface area contributed by atoms with E-state index in [1.54, 1.807) is 7.11 Å². The molecule has 0 fully saturated rings. The summed E-state index contributed by atoms with van der Waals surface area (Å²) in [6.07, 6.45) is 1.83. The third kappa shape index (κ3) is 3.41. The summed E-state index contributed by atoms with van der Waals surface area (Å²) in [6.45, 7) is 2.56. The smallest absolute Gasteiger partial charge is 0.291 e. The van der Waals surface area contributed by atoms with Gasteiger partial charge in [-0.1, -0.05) is 23.5 Å². The number of rotatable bonds is 5. The molecule has 0 bridgehead atoms. The zero-order valence-corrected chi connectivity index (χ0v) is 15.7. The third-order valence-corrected chi connectivity index (χ3v) is 4.98. The van der Waals surface area contributed by atoms with Crippen molar-refractivity contribution in [2.24, 2.45) is 0 Å². The van der Waals surface area contributed by atoms with Crippen molar-refractivity contribution in [3.05, 3.63) is 69.0 Å². The summed E-state index contributed by atoms with van der Waals surface area (Å²) in [5, 5.41) is 4.37. The van der Waals surface area contributed by atoms with Gasteiger partial charge in [0.1, 0.15) is 11.5 Å². The summed E-state index contributed by atoms with van der Waals surface area (Å²) < 4.78 is 12.5. The fourth-order valence-electron chi connectivity index (χ4n) is 2.67. The molecule has 2 aromatic heterocycles. The SMILES string of the molecule is CCOc1ccc(-c2nc3sc(=Cc4ccc(OC)cc4)c(=O)n3n2)cc1. The normalized spacial score (nSPS) is 11.9. The van der Waals surface area contributed by atoms with Crippen molar-refractivity contribution < 1.29 is 9.47 Å². The maximum Gasteiger partial charge on any atom is 0.291 e. The summed E-state index contributed by atoms with van der Waals surface area (Å²) >= 11 is 1.32. The van der Waals surface area contributed by atoms with Crippen molar-refractivity contribution in [1.82, 2.24) is 14.6 Å². The van der Waals surface area contributed by atoms with Crippen LogP contribution in [0.4, 0.5) is 0 Å². The fraction of sp³-hybridized carbons (Fsp3) is 0.150. The van der Waals surface area contributed by atoms with Crippen LogP contribution in [0.15, 0.2) is 53.3 Å². The van der Waals surface area contributed by atoms with Crippen molar-refractivity contribution in [1.29, 1.82) is 0 Å². The summed E-state index contributed by atoms with van der Waals surface area (Å²) in [4.78, 5) is 17.7. The summed E-state index contributed by atoms with van der Waals surface area (Å²) in [5.41, 5.74) is 1.59. The summed E-state index contributed by atoms with van der Waals surface area (Å²) in [5.74, 6) is 2.10. The fourth-order valence-corrected chi connectivity index (χ4v) is 3.58. The van der Waals surface area contributed by atoms with Crippen LogP contribution in [-0.2, 0) is 0 Å². The monoisotopic (exact) mass is 379 g/mol. The lowest BCUT2D eigenvalue weighted by molar-refractivity contribution is 0.340. The largest absolute Gasteiger partial charge is 0.497 e. The molecule has 0 aliphatic carbocycles. The standard InChI is InChI=1S/C20H17N3O3S/c1-3-26-16-10-6-14(7-11-16)18-21-20-23(22-18)19(24)17(27-20)12-13-4-8-15(25-2)9-5-13/h4-12H,3H2,1-2H3. The van der Waals surface area contributed by atoms with E-state index < -0.39 is 0 Å². The predicted molar refractivity (Wildman–Crippen MR) is 106 cm³/mol. The zero-order valence-electron chi connectivity index (χ0n) is 14.9. The van der Waals surface area contributed by atoms with E-state index in [4.69, 9.17) is 9.47 Å². The number of methoxy groups -OCH3 is 1. The molecule has 27 heavy (non-hydrogen) atoms. The molecule has 0 amide bonds. The molecule has 0 aliphatic heterocycles. The Kier molecular flexibility index (Phi) is 4.60. The second-order valence-electron chi connectivity index (χ2n) is 5.78. The molecule has 0 N–H and O–H groups in total. The van der Waals surface area contributed by atoms with Crippen LogP contribution in [-0.4, -0.2) is 28.3 Å². The Morgan fingerprint density at radius 3 is 2.41 bits per heavy atom. The Morgan fingerprint density at radius 2 is 1.78 bits per heavy atom. The second-order valence-corrected chi connectivity index (χ2v) is 6.79. The Morgan fingerprint density at radius 1 is 1.07 bits per heavy atom. The minimum atomic E-state index is -0.171. The highest BCUT2D eigenvalue weighted by Crippen LogP contribution is 2.20. The van der Waals surface area contributed by atoms with Gasteiger partial charge in [-0.25, -0.2) is 0 Å². The molecule has 2 heterocycles. The van der Waals surface area contributed by atoms with Crippen molar-refractivity contribution in [3.8, 4) is 22.9 Å². The van der Waals surface area contributed by atoms with Gasteiger partial charge in [-0.2, -0.15) is 9.50 Å². The van der Waals surface area contributed by atoms with Crippen LogP contribution >= 0.6 is 11.3 Å². The van der Waals surface area contributed by atoms with E-state index in [1.807, 2.05) is 61.5 Å². The van der Waals surface area contributed by atoms with Gasteiger partial charge in [-0.3, -0.25) is 4.79 Å². The molecular weight excluding hydrogens is 362 g/mol. The minimum Gasteiger partial charge on any atom is -0.497 e. The Labute approximate surface area is 159 Å². The molecular formula is C20H17N3O3S. The number of benzene rings is 2. The molecule has 6 nitrogen and oxygen atoms in total. The number of thiazole rings is 1.